The number of urea groups is 1. The second kappa shape index (κ2) is 5.58. The molecule has 5 nitrogen and oxygen atoms in total. The average molecular weight is 263 g/mol. The van der Waals surface area contributed by atoms with E-state index in [0.29, 0.717) is 11.4 Å². The van der Waals surface area contributed by atoms with Gasteiger partial charge < -0.3 is 10.1 Å². The quantitative estimate of drug-likeness (QED) is 0.497. The van der Waals surface area contributed by atoms with Crippen LogP contribution >= 0.6 is 0 Å². The number of nitrogens with two attached hydrogens (primary N) is 1. The molecule has 0 saturated heterocycles. The van der Waals surface area contributed by atoms with Crippen LogP contribution < -0.4 is 15.9 Å². The lowest BCUT2D eigenvalue weighted by Crippen LogP contribution is -2.46. The normalized spacial score (nSPS) is 10.9. The largest absolute Gasteiger partial charge is 0.497 e. The van der Waals surface area contributed by atoms with Gasteiger partial charge in [-0.15, -0.1) is 0 Å². The fraction of sp³-hybridized carbons (Fsp3) is 0.300. The molecule has 3 N–H and O–H groups in total. The monoisotopic (exact) mass is 263 g/mol. The van der Waals surface area contributed by atoms with Gasteiger partial charge in [0.15, 0.2) is 0 Å². The summed E-state index contributed by atoms with van der Waals surface area (Å²) in [5.74, 6) is 5.55. The molecule has 0 bridgehead atoms. The number of hydrogen-bond donors (Lipinski definition) is 2. The molecule has 0 aliphatic carbocycles. The van der Waals surface area contributed by atoms with Crippen LogP contribution in [0.4, 0.5) is 23.7 Å². The predicted octanol–water partition coefficient (Wildman–Crippen LogP) is 1.97. The number of halogens is 3. The fourth-order valence-corrected chi connectivity index (χ4v) is 1.13. The smallest absolute Gasteiger partial charge is 0.407 e. The zero-order valence-electron chi connectivity index (χ0n) is 9.49. The van der Waals surface area contributed by atoms with Crippen LogP contribution in [0.2, 0.25) is 0 Å². The first-order valence-corrected chi connectivity index (χ1v) is 4.86. The first kappa shape index (κ1) is 14.1. The molecule has 1 aromatic rings. The summed E-state index contributed by atoms with van der Waals surface area (Å²) in [6.07, 6.45) is -4.54. The molecular weight excluding hydrogens is 251 g/mol. The van der Waals surface area contributed by atoms with Crippen molar-refractivity contribution in [3.8, 4) is 5.75 Å². The molecule has 0 unspecified atom stereocenters. The molecule has 0 fully saturated rings. The lowest BCUT2D eigenvalue weighted by Gasteiger charge is -2.18. The lowest BCUT2D eigenvalue weighted by atomic mass is 10.3. The minimum Gasteiger partial charge on any atom is -0.497 e. The standard InChI is InChI=1S/C10H12F3N3O2/c1-18-8-4-2-7(3-5-8)15-9(17)16(14)6-10(11,12)13/h2-5H,6,14H2,1H3,(H,15,17). The highest BCUT2D eigenvalue weighted by molar-refractivity contribution is 5.88. The van der Waals surface area contributed by atoms with Gasteiger partial charge in [-0.05, 0) is 24.3 Å². The summed E-state index contributed by atoms with van der Waals surface area (Å²) in [7, 11) is 1.47. The molecular formula is C10H12F3N3O2. The van der Waals surface area contributed by atoms with Crippen LogP contribution in [-0.4, -0.2) is 30.9 Å². The van der Waals surface area contributed by atoms with E-state index in [4.69, 9.17) is 10.6 Å². The number of hydrazine groups is 1. The van der Waals surface area contributed by atoms with Gasteiger partial charge in [-0.2, -0.15) is 13.2 Å². The molecule has 0 aliphatic heterocycles. The third-order valence-corrected chi connectivity index (χ3v) is 1.95. The van der Waals surface area contributed by atoms with Crippen molar-refractivity contribution in [2.45, 2.75) is 6.18 Å². The van der Waals surface area contributed by atoms with Crippen LogP contribution in [0.3, 0.4) is 0 Å². The van der Waals surface area contributed by atoms with Crippen molar-refractivity contribution in [2.24, 2.45) is 5.84 Å². The molecule has 100 valence electrons. The van der Waals surface area contributed by atoms with Gasteiger partial charge in [0.25, 0.3) is 0 Å². The van der Waals surface area contributed by atoms with E-state index in [9.17, 15) is 18.0 Å². The van der Waals surface area contributed by atoms with Crippen molar-refractivity contribution in [3.05, 3.63) is 24.3 Å². The Kier molecular flexibility index (Phi) is 4.38. The second-order valence-electron chi connectivity index (χ2n) is 3.40. The van der Waals surface area contributed by atoms with E-state index >= 15 is 0 Å². The molecule has 8 heteroatoms. The minimum atomic E-state index is -4.54. The van der Waals surface area contributed by atoms with E-state index < -0.39 is 18.8 Å². The number of benzene rings is 1. The molecule has 0 aromatic heterocycles. The van der Waals surface area contributed by atoms with E-state index in [0.717, 1.165) is 0 Å². The Morgan fingerprint density at radius 2 is 1.94 bits per heavy atom. The van der Waals surface area contributed by atoms with Gasteiger partial charge in [0.05, 0.1) is 7.11 Å². The maximum absolute atomic E-state index is 12.0. The first-order valence-electron chi connectivity index (χ1n) is 4.86. The topological polar surface area (TPSA) is 67.6 Å². The molecule has 0 heterocycles. The van der Waals surface area contributed by atoms with Crippen LogP contribution in [0.15, 0.2) is 24.3 Å². The van der Waals surface area contributed by atoms with E-state index in [-0.39, 0.29) is 5.01 Å². The maximum Gasteiger partial charge on any atom is 0.407 e. The molecule has 2 amide bonds. The number of carbonyl (C=O) groups excluding carboxylic acids is 1. The number of anilines is 1. The third-order valence-electron chi connectivity index (χ3n) is 1.95. The van der Waals surface area contributed by atoms with Gasteiger partial charge >= 0.3 is 12.2 Å². The number of nitrogens with one attached hydrogen (secondary N) is 1. The van der Waals surface area contributed by atoms with Crippen molar-refractivity contribution in [1.29, 1.82) is 0 Å². The van der Waals surface area contributed by atoms with Gasteiger partial charge in [-0.3, -0.25) is 5.01 Å². The first-order chi connectivity index (χ1) is 8.31. The molecule has 1 aromatic carbocycles. The lowest BCUT2D eigenvalue weighted by molar-refractivity contribution is -0.139. The predicted molar refractivity (Wildman–Crippen MR) is 59.0 cm³/mol. The summed E-state index contributed by atoms with van der Waals surface area (Å²) in [4.78, 5) is 11.3. The molecule has 0 radical (unpaired) electrons. The molecule has 0 atom stereocenters. The Bertz CT molecular complexity index is 406. The Morgan fingerprint density at radius 1 is 1.39 bits per heavy atom. The number of methoxy groups -OCH3 is 1. The van der Waals surface area contributed by atoms with Gasteiger partial charge in [0, 0.05) is 5.69 Å². The molecule has 1 rings (SSSR count). The number of rotatable bonds is 3. The number of nitrogens with zero attached hydrogens (tertiary/aromatic N) is 1. The Balaban J connectivity index is 2.58. The highest BCUT2D eigenvalue weighted by atomic mass is 19.4. The Hall–Kier alpha value is -1.96. The SMILES string of the molecule is COc1ccc(NC(=O)N(N)CC(F)(F)F)cc1. The summed E-state index contributed by atoms with van der Waals surface area (Å²) in [6, 6.07) is 5.04. The highest BCUT2D eigenvalue weighted by Gasteiger charge is 2.31. The van der Waals surface area contributed by atoms with Crippen molar-refractivity contribution in [3.63, 3.8) is 0 Å². The van der Waals surface area contributed by atoms with Gasteiger partial charge in [-0.25, -0.2) is 10.6 Å². The number of ether oxygens (including phenoxy) is 1. The second-order valence-corrected chi connectivity index (χ2v) is 3.40. The summed E-state index contributed by atoms with van der Waals surface area (Å²) < 4.78 is 40.8. The summed E-state index contributed by atoms with van der Waals surface area (Å²) in [5, 5.41) is 2.28. The van der Waals surface area contributed by atoms with Crippen molar-refractivity contribution < 1.29 is 22.7 Å². The van der Waals surface area contributed by atoms with Crippen LogP contribution in [0.5, 0.6) is 5.75 Å². The van der Waals surface area contributed by atoms with Crippen molar-refractivity contribution in [1.82, 2.24) is 5.01 Å². The molecule has 0 saturated carbocycles. The van der Waals surface area contributed by atoms with E-state index in [1.807, 2.05) is 0 Å². The van der Waals surface area contributed by atoms with Crippen molar-refractivity contribution in [2.75, 3.05) is 19.0 Å². The van der Waals surface area contributed by atoms with Crippen molar-refractivity contribution >= 4 is 11.7 Å². The fourth-order valence-electron chi connectivity index (χ4n) is 1.13. The van der Waals surface area contributed by atoms with Crippen LogP contribution in [0.25, 0.3) is 0 Å². The number of carbonyl (C=O) groups is 1. The maximum atomic E-state index is 12.0. The Labute approximate surface area is 101 Å². The third kappa shape index (κ3) is 4.50. The van der Waals surface area contributed by atoms with Gasteiger partial charge in [0.1, 0.15) is 12.3 Å². The number of hydrogen-bond acceptors (Lipinski definition) is 3. The average Bonchev–Trinajstić information content (AvgIpc) is 2.27. The van der Waals surface area contributed by atoms with Crippen LogP contribution in [0.1, 0.15) is 0 Å². The van der Waals surface area contributed by atoms with E-state index in [2.05, 4.69) is 5.32 Å². The number of alkyl halides is 3. The molecule has 18 heavy (non-hydrogen) atoms. The number of amides is 2. The highest BCUT2D eigenvalue weighted by Crippen LogP contribution is 2.17. The summed E-state index contributed by atoms with van der Waals surface area (Å²) in [5.41, 5.74) is 0.318. The Morgan fingerprint density at radius 3 is 2.39 bits per heavy atom. The molecule has 0 aliphatic rings. The molecule has 0 spiro atoms. The van der Waals surface area contributed by atoms with Crippen LogP contribution in [0, 0.1) is 0 Å². The summed E-state index contributed by atoms with van der Waals surface area (Å²) in [6.45, 7) is -1.52. The van der Waals surface area contributed by atoms with E-state index in [1.54, 1.807) is 12.1 Å². The zero-order chi connectivity index (χ0) is 13.8. The van der Waals surface area contributed by atoms with Crippen LogP contribution in [-0.2, 0) is 0 Å². The van der Waals surface area contributed by atoms with Gasteiger partial charge in [0.2, 0.25) is 0 Å². The van der Waals surface area contributed by atoms with E-state index in [1.165, 1.54) is 19.2 Å². The zero-order valence-corrected chi connectivity index (χ0v) is 9.49. The van der Waals surface area contributed by atoms with Gasteiger partial charge in [-0.1, -0.05) is 0 Å². The summed E-state index contributed by atoms with van der Waals surface area (Å²) >= 11 is 0. The minimum absolute atomic E-state index is 0.0598.